The van der Waals surface area contributed by atoms with E-state index in [9.17, 15) is 4.79 Å². The van der Waals surface area contributed by atoms with Crippen LogP contribution in [0.15, 0.2) is 17.8 Å². The second-order valence-corrected chi connectivity index (χ2v) is 2.54. The lowest BCUT2D eigenvalue weighted by Gasteiger charge is -1.97. The number of hydrogen-bond donors (Lipinski definition) is 0. The number of nitriles is 1. The largest absolute Gasteiger partial charge is 0.465 e. The highest BCUT2D eigenvalue weighted by Gasteiger charge is 2.09. The average molecular weight is 191 g/mol. The molecule has 5 nitrogen and oxygen atoms in total. The van der Waals surface area contributed by atoms with Crippen molar-refractivity contribution in [2.24, 2.45) is 7.05 Å². The van der Waals surface area contributed by atoms with Crippen LogP contribution in [0.3, 0.4) is 0 Å². The Morgan fingerprint density at radius 3 is 2.93 bits per heavy atom. The van der Waals surface area contributed by atoms with Crippen molar-refractivity contribution in [1.82, 2.24) is 9.78 Å². The lowest BCUT2D eigenvalue weighted by atomic mass is 10.2. The third-order valence-corrected chi connectivity index (χ3v) is 1.68. The first-order chi connectivity index (χ1) is 6.69. The van der Waals surface area contributed by atoms with E-state index < -0.39 is 5.97 Å². The molecule has 0 aliphatic carbocycles. The second-order valence-electron chi connectivity index (χ2n) is 2.54. The SMILES string of the molecule is COC(=O)/C(C#N)=C\c1ccnn1C. The first-order valence-corrected chi connectivity index (χ1v) is 3.87. The average Bonchev–Trinajstić information content (AvgIpc) is 2.59. The fourth-order valence-electron chi connectivity index (χ4n) is 0.920. The number of aromatic nitrogens is 2. The predicted molar refractivity (Wildman–Crippen MR) is 48.8 cm³/mol. The van der Waals surface area contributed by atoms with Gasteiger partial charge in [0, 0.05) is 13.2 Å². The molecule has 14 heavy (non-hydrogen) atoms. The summed E-state index contributed by atoms with van der Waals surface area (Å²) in [5.41, 5.74) is 0.628. The first kappa shape index (κ1) is 9.99. The molecule has 1 heterocycles. The van der Waals surface area contributed by atoms with Crippen molar-refractivity contribution < 1.29 is 9.53 Å². The molecule has 1 aromatic rings. The molecule has 0 atom stereocenters. The molecule has 0 unspecified atom stereocenters. The molecule has 0 spiro atoms. The Balaban J connectivity index is 3.03. The van der Waals surface area contributed by atoms with Crippen molar-refractivity contribution >= 4 is 12.0 Å². The van der Waals surface area contributed by atoms with Gasteiger partial charge < -0.3 is 4.74 Å². The van der Waals surface area contributed by atoms with Crippen molar-refractivity contribution in [3.8, 4) is 6.07 Å². The Labute approximate surface area is 81.2 Å². The maximum absolute atomic E-state index is 11.0. The normalized spacial score (nSPS) is 10.8. The second kappa shape index (κ2) is 4.23. The Kier molecular flexibility index (Phi) is 3.02. The number of rotatable bonds is 2. The van der Waals surface area contributed by atoms with E-state index in [1.165, 1.54) is 13.2 Å². The number of esters is 1. The summed E-state index contributed by atoms with van der Waals surface area (Å²) in [6.07, 6.45) is 3.01. The number of ether oxygens (including phenoxy) is 1. The molecule has 1 rings (SSSR count). The van der Waals surface area contributed by atoms with E-state index in [2.05, 4.69) is 9.84 Å². The third-order valence-electron chi connectivity index (χ3n) is 1.68. The number of aryl methyl sites for hydroxylation is 1. The highest BCUT2D eigenvalue weighted by molar-refractivity contribution is 5.97. The first-order valence-electron chi connectivity index (χ1n) is 3.87. The van der Waals surface area contributed by atoms with Crippen LogP contribution in [0.5, 0.6) is 0 Å². The maximum Gasteiger partial charge on any atom is 0.348 e. The highest BCUT2D eigenvalue weighted by atomic mass is 16.5. The van der Waals surface area contributed by atoms with Crippen LogP contribution in [-0.2, 0) is 16.6 Å². The Morgan fingerprint density at radius 1 is 1.79 bits per heavy atom. The molecule has 0 fully saturated rings. The van der Waals surface area contributed by atoms with E-state index in [1.807, 2.05) is 0 Å². The fourth-order valence-corrected chi connectivity index (χ4v) is 0.920. The molecular weight excluding hydrogens is 182 g/mol. The lowest BCUT2D eigenvalue weighted by molar-refractivity contribution is -0.135. The Bertz CT molecular complexity index is 412. The zero-order valence-corrected chi connectivity index (χ0v) is 7.89. The minimum absolute atomic E-state index is 0.0453. The lowest BCUT2D eigenvalue weighted by Crippen LogP contribution is -2.03. The monoisotopic (exact) mass is 191 g/mol. The molecular formula is C9H9N3O2. The summed E-state index contributed by atoms with van der Waals surface area (Å²) in [4.78, 5) is 11.0. The van der Waals surface area contributed by atoms with Gasteiger partial charge in [-0.15, -0.1) is 0 Å². The van der Waals surface area contributed by atoms with Crippen LogP contribution < -0.4 is 0 Å². The molecule has 1 aromatic heterocycles. The number of nitrogens with zero attached hydrogens (tertiary/aromatic N) is 3. The van der Waals surface area contributed by atoms with E-state index in [0.717, 1.165) is 0 Å². The van der Waals surface area contributed by atoms with Gasteiger partial charge in [-0.25, -0.2) is 4.79 Å². The van der Waals surface area contributed by atoms with Crippen LogP contribution in [0.1, 0.15) is 5.69 Å². The van der Waals surface area contributed by atoms with Gasteiger partial charge >= 0.3 is 5.97 Å². The van der Waals surface area contributed by atoms with Gasteiger partial charge in [0.05, 0.1) is 12.8 Å². The van der Waals surface area contributed by atoms with Crippen molar-refractivity contribution in [2.75, 3.05) is 7.11 Å². The zero-order chi connectivity index (χ0) is 10.6. The van der Waals surface area contributed by atoms with E-state index in [4.69, 9.17) is 5.26 Å². The molecule has 0 amide bonds. The fraction of sp³-hybridized carbons (Fsp3) is 0.222. The summed E-state index contributed by atoms with van der Waals surface area (Å²) < 4.78 is 5.99. The number of hydrogen-bond acceptors (Lipinski definition) is 4. The molecule has 0 saturated heterocycles. The molecule has 0 aliphatic rings. The minimum atomic E-state index is -0.645. The molecule has 0 bridgehead atoms. The van der Waals surface area contributed by atoms with Crippen LogP contribution >= 0.6 is 0 Å². The summed E-state index contributed by atoms with van der Waals surface area (Å²) in [5.74, 6) is -0.645. The van der Waals surface area contributed by atoms with E-state index in [0.29, 0.717) is 5.69 Å². The Morgan fingerprint density at radius 2 is 2.50 bits per heavy atom. The standard InChI is InChI=1S/C9H9N3O2/c1-12-8(3-4-11-12)5-7(6-10)9(13)14-2/h3-5H,1-2H3/b7-5-. The molecule has 0 radical (unpaired) electrons. The van der Waals surface area contributed by atoms with Crippen LogP contribution in [0.2, 0.25) is 0 Å². The summed E-state index contributed by atoms with van der Waals surface area (Å²) in [5, 5.41) is 12.6. The number of methoxy groups -OCH3 is 1. The summed E-state index contributed by atoms with van der Waals surface area (Å²) >= 11 is 0. The van der Waals surface area contributed by atoms with Crippen molar-refractivity contribution in [3.63, 3.8) is 0 Å². The van der Waals surface area contributed by atoms with Gasteiger partial charge in [0.25, 0.3) is 0 Å². The molecule has 72 valence electrons. The number of carbonyl (C=O) groups is 1. The van der Waals surface area contributed by atoms with Crippen LogP contribution in [0.25, 0.3) is 6.08 Å². The minimum Gasteiger partial charge on any atom is -0.465 e. The quantitative estimate of drug-likeness (QED) is 0.388. The third kappa shape index (κ3) is 1.98. The highest BCUT2D eigenvalue weighted by Crippen LogP contribution is 2.05. The number of carbonyl (C=O) groups excluding carboxylic acids is 1. The van der Waals surface area contributed by atoms with Gasteiger partial charge in [-0.1, -0.05) is 0 Å². The van der Waals surface area contributed by atoms with E-state index >= 15 is 0 Å². The zero-order valence-electron chi connectivity index (χ0n) is 7.89. The van der Waals surface area contributed by atoms with Gasteiger partial charge in [-0.3, -0.25) is 4.68 Å². The molecule has 5 heteroatoms. The van der Waals surface area contributed by atoms with Crippen molar-refractivity contribution in [1.29, 1.82) is 5.26 Å². The smallest absolute Gasteiger partial charge is 0.348 e. The topological polar surface area (TPSA) is 67.9 Å². The molecule has 0 aliphatic heterocycles. The van der Waals surface area contributed by atoms with Gasteiger partial charge in [-0.2, -0.15) is 10.4 Å². The molecule has 0 saturated carbocycles. The van der Waals surface area contributed by atoms with Crippen molar-refractivity contribution in [2.45, 2.75) is 0 Å². The Hall–Kier alpha value is -2.09. The van der Waals surface area contributed by atoms with Gasteiger partial charge in [0.15, 0.2) is 0 Å². The van der Waals surface area contributed by atoms with Crippen LogP contribution in [0.4, 0.5) is 0 Å². The summed E-state index contributed by atoms with van der Waals surface area (Å²) in [6.45, 7) is 0. The van der Waals surface area contributed by atoms with Gasteiger partial charge in [0.1, 0.15) is 11.6 Å². The van der Waals surface area contributed by atoms with Crippen LogP contribution in [0, 0.1) is 11.3 Å². The summed E-state index contributed by atoms with van der Waals surface area (Å²) in [7, 11) is 2.95. The van der Waals surface area contributed by atoms with Crippen LogP contribution in [-0.4, -0.2) is 22.9 Å². The molecule has 0 aromatic carbocycles. The van der Waals surface area contributed by atoms with Gasteiger partial charge in [-0.05, 0) is 12.1 Å². The predicted octanol–water partition coefficient (Wildman–Crippen LogP) is 0.500. The van der Waals surface area contributed by atoms with E-state index in [1.54, 1.807) is 30.1 Å². The van der Waals surface area contributed by atoms with Crippen molar-refractivity contribution in [3.05, 3.63) is 23.5 Å². The van der Waals surface area contributed by atoms with Gasteiger partial charge in [0.2, 0.25) is 0 Å². The van der Waals surface area contributed by atoms with E-state index in [-0.39, 0.29) is 5.57 Å². The maximum atomic E-state index is 11.0. The molecule has 0 N–H and O–H groups in total. The summed E-state index contributed by atoms with van der Waals surface area (Å²) in [6, 6.07) is 3.46.